The molecule has 2 aromatic rings. The van der Waals surface area contributed by atoms with Crippen LogP contribution in [0.2, 0.25) is 0 Å². The average Bonchev–Trinajstić information content (AvgIpc) is 2.96. The first-order chi connectivity index (χ1) is 11.4. The lowest BCUT2D eigenvalue weighted by Crippen LogP contribution is -2.22. The van der Waals surface area contributed by atoms with Crippen LogP contribution in [-0.4, -0.2) is 23.5 Å². The van der Waals surface area contributed by atoms with Crippen LogP contribution in [0.4, 0.5) is 5.00 Å². The van der Waals surface area contributed by atoms with Crippen molar-refractivity contribution in [2.75, 3.05) is 6.54 Å². The van der Waals surface area contributed by atoms with Crippen molar-refractivity contribution in [3.63, 3.8) is 0 Å². The van der Waals surface area contributed by atoms with Crippen LogP contribution in [0.25, 0.3) is 0 Å². The molecule has 1 amide bonds. The van der Waals surface area contributed by atoms with Crippen molar-refractivity contribution in [1.29, 1.82) is 0 Å². The van der Waals surface area contributed by atoms with Crippen molar-refractivity contribution < 1.29 is 14.5 Å². The lowest BCUT2D eigenvalue weighted by molar-refractivity contribution is -0.380. The second kappa shape index (κ2) is 8.44. The molecule has 128 valence electrons. The fourth-order valence-corrected chi connectivity index (χ4v) is 3.22. The number of hydrogen-bond donors (Lipinski definition) is 1. The van der Waals surface area contributed by atoms with E-state index >= 15 is 0 Å². The molecule has 0 aliphatic heterocycles. The Morgan fingerprint density at radius 3 is 2.83 bits per heavy atom. The first-order valence-electron chi connectivity index (χ1n) is 7.67. The standard InChI is InChI=1S/C17H20N2O4S/c1-12(10-16-6-7-17(24-16)19(21)22)23-15-5-3-4-14(11-15)8-9-18-13(2)20/h3-7,11-12H,8-10H2,1-2H3,(H,18,20). The number of nitro groups is 1. The van der Waals surface area contributed by atoms with Gasteiger partial charge in [-0.15, -0.1) is 0 Å². The maximum Gasteiger partial charge on any atom is 0.324 e. The number of hydrogen-bond acceptors (Lipinski definition) is 5. The molecule has 0 bridgehead atoms. The van der Waals surface area contributed by atoms with Gasteiger partial charge in [-0.05, 0) is 37.1 Å². The van der Waals surface area contributed by atoms with Crippen molar-refractivity contribution in [2.24, 2.45) is 0 Å². The highest BCUT2D eigenvalue weighted by atomic mass is 32.1. The van der Waals surface area contributed by atoms with Gasteiger partial charge in [0.2, 0.25) is 5.91 Å². The van der Waals surface area contributed by atoms with E-state index in [-0.39, 0.29) is 21.9 Å². The summed E-state index contributed by atoms with van der Waals surface area (Å²) in [6.07, 6.45) is 1.27. The molecule has 1 atom stereocenters. The van der Waals surface area contributed by atoms with E-state index in [2.05, 4.69) is 5.32 Å². The van der Waals surface area contributed by atoms with Gasteiger partial charge in [0.15, 0.2) is 0 Å². The van der Waals surface area contributed by atoms with Crippen LogP contribution in [0.1, 0.15) is 24.3 Å². The van der Waals surface area contributed by atoms with Gasteiger partial charge < -0.3 is 10.1 Å². The highest BCUT2D eigenvalue weighted by Crippen LogP contribution is 2.26. The Labute approximate surface area is 144 Å². The van der Waals surface area contributed by atoms with E-state index in [0.717, 1.165) is 22.6 Å². The summed E-state index contributed by atoms with van der Waals surface area (Å²) in [5.74, 6) is 0.718. The zero-order valence-corrected chi connectivity index (χ0v) is 14.5. The highest BCUT2D eigenvalue weighted by molar-refractivity contribution is 7.15. The molecule has 0 spiro atoms. The number of carbonyl (C=O) groups is 1. The van der Waals surface area contributed by atoms with E-state index in [1.165, 1.54) is 24.3 Å². The van der Waals surface area contributed by atoms with Gasteiger partial charge in [0.05, 0.1) is 4.92 Å². The summed E-state index contributed by atoms with van der Waals surface area (Å²) in [7, 11) is 0. The van der Waals surface area contributed by atoms with Gasteiger partial charge in [-0.1, -0.05) is 23.5 Å². The Bertz CT molecular complexity index is 714. The number of nitrogens with zero attached hydrogens (tertiary/aromatic N) is 1. The van der Waals surface area contributed by atoms with E-state index in [1.54, 1.807) is 6.07 Å². The van der Waals surface area contributed by atoms with Crippen LogP contribution in [0.15, 0.2) is 36.4 Å². The number of nitrogens with one attached hydrogen (secondary N) is 1. The summed E-state index contributed by atoms with van der Waals surface area (Å²) in [6, 6.07) is 11.0. The molecule has 1 heterocycles. The van der Waals surface area contributed by atoms with E-state index in [0.29, 0.717) is 13.0 Å². The van der Waals surface area contributed by atoms with Crippen molar-refractivity contribution >= 4 is 22.2 Å². The van der Waals surface area contributed by atoms with Crippen LogP contribution in [0, 0.1) is 10.1 Å². The predicted octanol–water partition coefficient (Wildman–Crippen LogP) is 3.34. The SMILES string of the molecule is CC(=O)NCCc1cccc(OC(C)Cc2ccc([N+](=O)[O-])s2)c1. The average molecular weight is 348 g/mol. The van der Waals surface area contributed by atoms with Gasteiger partial charge in [0.1, 0.15) is 11.9 Å². The lowest BCUT2D eigenvalue weighted by Gasteiger charge is -2.14. The summed E-state index contributed by atoms with van der Waals surface area (Å²) in [6.45, 7) is 4.03. The first kappa shape index (κ1) is 17.9. The topological polar surface area (TPSA) is 81.5 Å². The summed E-state index contributed by atoms with van der Waals surface area (Å²) in [5.41, 5.74) is 1.08. The number of amides is 1. The summed E-state index contributed by atoms with van der Waals surface area (Å²) in [5, 5.41) is 13.6. The zero-order valence-electron chi connectivity index (χ0n) is 13.7. The van der Waals surface area contributed by atoms with E-state index in [4.69, 9.17) is 4.74 Å². The second-order valence-corrected chi connectivity index (χ2v) is 6.66. The molecule has 1 aromatic heterocycles. The highest BCUT2D eigenvalue weighted by Gasteiger charge is 2.13. The molecule has 1 aromatic carbocycles. The number of rotatable bonds is 8. The van der Waals surface area contributed by atoms with Gasteiger partial charge in [-0.2, -0.15) is 0 Å². The minimum atomic E-state index is -0.377. The molecule has 0 radical (unpaired) electrons. The Kier molecular flexibility index (Phi) is 6.31. The van der Waals surface area contributed by atoms with E-state index < -0.39 is 0 Å². The van der Waals surface area contributed by atoms with Gasteiger partial charge in [0, 0.05) is 30.8 Å². The van der Waals surface area contributed by atoms with Gasteiger partial charge in [-0.3, -0.25) is 14.9 Å². The second-order valence-electron chi connectivity index (χ2n) is 5.51. The molecule has 0 aliphatic rings. The number of thiophene rings is 1. The largest absolute Gasteiger partial charge is 0.490 e. The molecule has 1 N–H and O–H groups in total. The minimum absolute atomic E-state index is 0.0407. The lowest BCUT2D eigenvalue weighted by atomic mass is 10.1. The third-order valence-corrected chi connectivity index (χ3v) is 4.40. The van der Waals surface area contributed by atoms with Crippen LogP contribution >= 0.6 is 11.3 Å². The Morgan fingerprint density at radius 1 is 1.38 bits per heavy atom. The first-order valence-corrected chi connectivity index (χ1v) is 8.49. The van der Waals surface area contributed by atoms with Crippen molar-refractivity contribution in [3.8, 4) is 5.75 Å². The predicted molar refractivity (Wildman–Crippen MR) is 93.6 cm³/mol. The molecule has 7 heteroatoms. The van der Waals surface area contributed by atoms with Crippen molar-refractivity contribution in [3.05, 3.63) is 57.0 Å². The third-order valence-electron chi connectivity index (χ3n) is 3.34. The van der Waals surface area contributed by atoms with Gasteiger partial charge >= 0.3 is 5.00 Å². The summed E-state index contributed by atoms with van der Waals surface area (Å²) >= 11 is 1.18. The Morgan fingerprint density at radius 2 is 2.17 bits per heavy atom. The molecular weight excluding hydrogens is 328 g/mol. The molecular formula is C17H20N2O4S. The van der Waals surface area contributed by atoms with Crippen molar-refractivity contribution in [1.82, 2.24) is 5.32 Å². The molecule has 0 saturated heterocycles. The number of benzene rings is 1. The summed E-state index contributed by atoms with van der Waals surface area (Å²) < 4.78 is 5.91. The Balaban J connectivity index is 1.89. The molecule has 0 fully saturated rings. The fraction of sp³-hybridized carbons (Fsp3) is 0.353. The zero-order chi connectivity index (χ0) is 17.5. The quantitative estimate of drug-likeness (QED) is 0.586. The molecule has 1 unspecified atom stereocenters. The molecule has 2 rings (SSSR count). The minimum Gasteiger partial charge on any atom is -0.490 e. The fourth-order valence-electron chi connectivity index (χ4n) is 2.29. The van der Waals surface area contributed by atoms with Crippen LogP contribution in [0.5, 0.6) is 5.75 Å². The van der Waals surface area contributed by atoms with Gasteiger partial charge in [-0.25, -0.2) is 0 Å². The van der Waals surface area contributed by atoms with Gasteiger partial charge in [0.25, 0.3) is 0 Å². The number of carbonyl (C=O) groups excluding carboxylic acids is 1. The van der Waals surface area contributed by atoms with Crippen molar-refractivity contribution in [2.45, 2.75) is 32.8 Å². The van der Waals surface area contributed by atoms with Crippen LogP contribution in [-0.2, 0) is 17.6 Å². The molecule has 24 heavy (non-hydrogen) atoms. The van der Waals surface area contributed by atoms with E-state index in [9.17, 15) is 14.9 Å². The summed E-state index contributed by atoms with van der Waals surface area (Å²) in [4.78, 5) is 22.2. The Hall–Kier alpha value is -2.41. The maximum absolute atomic E-state index is 10.9. The number of ether oxygens (including phenoxy) is 1. The molecule has 6 nitrogen and oxygen atoms in total. The van der Waals surface area contributed by atoms with E-state index in [1.807, 2.05) is 31.2 Å². The maximum atomic E-state index is 10.9. The van der Waals surface area contributed by atoms with Crippen LogP contribution < -0.4 is 10.1 Å². The smallest absolute Gasteiger partial charge is 0.324 e. The molecule has 0 aliphatic carbocycles. The van der Waals surface area contributed by atoms with Crippen LogP contribution in [0.3, 0.4) is 0 Å². The normalized spacial score (nSPS) is 11.8. The monoisotopic (exact) mass is 348 g/mol. The third kappa shape index (κ3) is 5.66. The molecule has 0 saturated carbocycles.